The fourth-order valence-corrected chi connectivity index (χ4v) is 1.52. The molecule has 0 radical (unpaired) electrons. The maximum absolute atomic E-state index is 12.2. The molecule has 0 saturated carbocycles. The molecular weight excluding hydrogens is 272 g/mol. The summed E-state index contributed by atoms with van der Waals surface area (Å²) < 4.78 is 24.4. The van der Waals surface area contributed by atoms with Gasteiger partial charge in [0, 0.05) is 18.1 Å². The zero-order chi connectivity index (χ0) is 11.3. The van der Waals surface area contributed by atoms with Gasteiger partial charge in [-0.25, -0.2) is 8.78 Å². The molecule has 0 saturated heterocycles. The molecule has 84 valence electrons. The summed E-state index contributed by atoms with van der Waals surface area (Å²) in [5.74, 6) is -0.466. The zero-order valence-corrected chi connectivity index (χ0v) is 9.38. The van der Waals surface area contributed by atoms with Crippen molar-refractivity contribution in [1.29, 1.82) is 0 Å². The molecule has 0 fully saturated rings. The van der Waals surface area contributed by atoms with Crippen molar-refractivity contribution in [3.63, 3.8) is 0 Å². The van der Waals surface area contributed by atoms with Crippen LogP contribution in [-0.2, 0) is 0 Å². The van der Waals surface area contributed by atoms with Crippen molar-refractivity contribution >= 4 is 21.8 Å². The lowest BCUT2D eigenvalue weighted by Gasteiger charge is -2.20. The number of nitrogens with zero attached hydrogens (tertiary/aromatic N) is 2. The van der Waals surface area contributed by atoms with E-state index < -0.39 is 18.9 Å². The van der Waals surface area contributed by atoms with Gasteiger partial charge in [0.05, 0.1) is 6.54 Å². The Hall–Kier alpha value is -0.980. The molecule has 0 unspecified atom stereocenters. The monoisotopic (exact) mass is 281 g/mol. The Labute approximate surface area is 93.8 Å². The second kappa shape index (κ2) is 5.79. The van der Waals surface area contributed by atoms with Crippen LogP contribution in [0.5, 0.6) is 0 Å². The van der Waals surface area contributed by atoms with E-state index in [1.807, 2.05) is 0 Å². The number of carbonyl (C=O) groups is 1. The first kappa shape index (κ1) is 12.1. The molecule has 4 nitrogen and oxygen atoms in total. The van der Waals surface area contributed by atoms with E-state index in [4.69, 9.17) is 0 Å². The lowest BCUT2D eigenvalue weighted by atomic mass is 10.3. The number of halogens is 3. The van der Waals surface area contributed by atoms with Gasteiger partial charge in [-0.05, 0) is 6.07 Å². The smallest absolute Gasteiger partial charge is 0.272 e. The van der Waals surface area contributed by atoms with Crippen LogP contribution >= 0.6 is 15.9 Å². The molecule has 0 bridgehead atoms. The molecule has 0 aliphatic carbocycles. The molecular formula is C8H10BrF2N3O. The van der Waals surface area contributed by atoms with Gasteiger partial charge in [-0.3, -0.25) is 9.89 Å². The van der Waals surface area contributed by atoms with Crippen molar-refractivity contribution in [2.24, 2.45) is 0 Å². The third-order valence-electron chi connectivity index (χ3n) is 1.73. The number of hydrogen-bond donors (Lipinski definition) is 1. The van der Waals surface area contributed by atoms with E-state index in [1.165, 1.54) is 12.3 Å². The highest BCUT2D eigenvalue weighted by Gasteiger charge is 2.19. The van der Waals surface area contributed by atoms with Gasteiger partial charge < -0.3 is 4.90 Å². The van der Waals surface area contributed by atoms with Crippen LogP contribution in [0.2, 0.25) is 0 Å². The van der Waals surface area contributed by atoms with Crippen LogP contribution in [0.3, 0.4) is 0 Å². The molecule has 1 N–H and O–H groups in total. The van der Waals surface area contributed by atoms with Gasteiger partial charge in [0.25, 0.3) is 12.3 Å². The minimum atomic E-state index is -2.53. The summed E-state index contributed by atoms with van der Waals surface area (Å²) in [6.07, 6.45) is -1.13. The summed E-state index contributed by atoms with van der Waals surface area (Å²) in [6, 6.07) is 1.45. The Morgan fingerprint density at radius 1 is 1.67 bits per heavy atom. The maximum Gasteiger partial charge on any atom is 0.272 e. The van der Waals surface area contributed by atoms with E-state index in [0.29, 0.717) is 5.33 Å². The quantitative estimate of drug-likeness (QED) is 0.832. The first-order valence-electron chi connectivity index (χ1n) is 4.28. The summed E-state index contributed by atoms with van der Waals surface area (Å²) in [7, 11) is 0. The van der Waals surface area contributed by atoms with Gasteiger partial charge >= 0.3 is 0 Å². The minimum Gasteiger partial charge on any atom is -0.331 e. The van der Waals surface area contributed by atoms with Crippen LogP contribution in [0.4, 0.5) is 8.78 Å². The molecule has 1 rings (SSSR count). The highest BCUT2D eigenvalue weighted by Crippen LogP contribution is 2.05. The summed E-state index contributed by atoms with van der Waals surface area (Å²) in [5, 5.41) is 6.50. The summed E-state index contributed by atoms with van der Waals surface area (Å²) in [6.45, 7) is -0.328. The van der Waals surface area contributed by atoms with Gasteiger partial charge in [0.15, 0.2) is 0 Å². The number of aromatic nitrogens is 2. The molecule has 0 aliphatic rings. The Bertz CT molecular complexity index is 305. The van der Waals surface area contributed by atoms with Crippen LogP contribution in [0, 0.1) is 0 Å². The first-order chi connectivity index (χ1) is 7.15. The number of H-pyrrole nitrogens is 1. The average molecular weight is 282 g/mol. The highest BCUT2D eigenvalue weighted by atomic mass is 79.9. The molecule has 0 spiro atoms. The molecule has 1 aromatic rings. The van der Waals surface area contributed by atoms with E-state index >= 15 is 0 Å². The standard InChI is InChI=1S/C8H10BrF2N3O/c9-2-4-14(5-7(10)11)8(15)6-1-3-12-13-6/h1,3,7H,2,4-5H2,(H,12,13). The number of aromatic amines is 1. The minimum absolute atomic E-state index is 0.219. The molecule has 0 atom stereocenters. The number of nitrogens with one attached hydrogen (secondary N) is 1. The predicted octanol–water partition coefficient (Wildman–Crippen LogP) is 1.51. The fourth-order valence-electron chi connectivity index (χ4n) is 1.09. The Morgan fingerprint density at radius 2 is 2.40 bits per heavy atom. The van der Waals surface area contributed by atoms with Crippen molar-refractivity contribution in [3.8, 4) is 0 Å². The van der Waals surface area contributed by atoms with E-state index in [1.54, 1.807) is 0 Å². The van der Waals surface area contributed by atoms with Crippen molar-refractivity contribution in [2.75, 3.05) is 18.4 Å². The highest BCUT2D eigenvalue weighted by molar-refractivity contribution is 9.09. The Kier molecular flexibility index (Phi) is 4.67. The van der Waals surface area contributed by atoms with Crippen molar-refractivity contribution in [1.82, 2.24) is 15.1 Å². The third-order valence-corrected chi connectivity index (χ3v) is 2.09. The van der Waals surface area contributed by atoms with Crippen molar-refractivity contribution < 1.29 is 13.6 Å². The van der Waals surface area contributed by atoms with Gasteiger partial charge in [-0.1, -0.05) is 15.9 Å². The number of rotatable bonds is 5. The summed E-state index contributed by atoms with van der Waals surface area (Å²) in [5.41, 5.74) is 0.219. The zero-order valence-electron chi connectivity index (χ0n) is 7.79. The van der Waals surface area contributed by atoms with E-state index in [-0.39, 0.29) is 12.2 Å². The molecule has 1 aromatic heterocycles. The largest absolute Gasteiger partial charge is 0.331 e. The van der Waals surface area contributed by atoms with Crippen LogP contribution in [0.1, 0.15) is 10.5 Å². The third kappa shape index (κ3) is 3.58. The van der Waals surface area contributed by atoms with Gasteiger partial charge in [-0.2, -0.15) is 5.10 Å². The van der Waals surface area contributed by atoms with Crippen molar-refractivity contribution in [3.05, 3.63) is 18.0 Å². The number of alkyl halides is 3. The van der Waals surface area contributed by atoms with Gasteiger partial charge in [0.2, 0.25) is 0 Å². The predicted molar refractivity (Wildman–Crippen MR) is 54.3 cm³/mol. The molecule has 1 amide bonds. The number of hydrogen-bond acceptors (Lipinski definition) is 2. The number of carbonyl (C=O) groups excluding carboxylic acids is 1. The first-order valence-corrected chi connectivity index (χ1v) is 5.40. The fraction of sp³-hybridized carbons (Fsp3) is 0.500. The van der Waals surface area contributed by atoms with Crippen LogP contribution in [0.25, 0.3) is 0 Å². The Balaban J connectivity index is 2.67. The van der Waals surface area contributed by atoms with E-state index in [0.717, 1.165) is 4.90 Å². The van der Waals surface area contributed by atoms with Gasteiger partial charge in [0.1, 0.15) is 5.69 Å². The van der Waals surface area contributed by atoms with E-state index in [2.05, 4.69) is 26.1 Å². The lowest BCUT2D eigenvalue weighted by Crippen LogP contribution is -2.36. The van der Waals surface area contributed by atoms with Crippen LogP contribution in [0.15, 0.2) is 12.3 Å². The lowest BCUT2D eigenvalue weighted by molar-refractivity contribution is 0.0567. The second-order valence-corrected chi connectivity index (χ2v) is 3.59. The van der Waals surface area contributed by atoms with Crippen molar-refractivity contribution in [2.45, 2.75) is 6.43 Å². The maximum atomic E-state index is 12.2. The Morgan fingerprint density at radius 3 is 2.87 bits per heavy atom. The molecule has 0 aromatic carbocycles. The topological polar surface area (TPSA) is 49.0 Å². The van der Waals surface area contributed by atoms with Crippen LogP contribution in [-0.4, -0.2) is 45.8 Å². The SMILES string of the molecule is O=C(c1ccn[nH]1)N(CCBr)CC(F)F. The van der Waals surface area contributed by atoms with E-state index in [9.17, 15) is 13.6 Å². The summed E-state index contributed by atoms with van der Waals surface area (Å²) >= 11 is 3.11. The molecule has 1 heterocycles. The molecule has 0 aliphatic heterocycles. The average Bonchev–Trinajstić information content (AvgIpc) is 2.68. The normalized spacial score (nSPS) is 10.7. The summed E-state index contributed by atoms with van der Waals surface area (Å²) in [4.78, 5) is 12.7. The molecule has 15 heavy (non-hydrogen) atoms. The molecule has 7 heteroatoms. The number of amides is 1. The van der Waals surface area contributed by atoms with Crippen LogP contribution < -0.4 is 0 Å². The second-order valence-electron chi connectivity index (χ2n) is 2.80. The van der Waals surface area contributed by atoms with Gasteiger partial charge in [-0.15, -0.1) is 0 Å².